The lowest BCUT2D eigenvalue weighted by atomic mass is 10.1. The summed E-state index contributed by atoms with van der Waals surface area (Å²) >= 11 is 1.37. The van der Waals surface area contributed by atoms with Gasteiger partial charge in [0.1, 0.15) is 16.5 Å². The second kappa shape index (κ2) is 8.48. The van der Waals surface area contributed by atoms with E-state index >= 15 is 0 Å². The van der Waals surface area contributed by atoms with Crippen LogP contribution >= 0.6 is 11.8 Å². The van der Waals surface area contributed by atoms with Crippen LogP contribution in [0.25, 0.3) is 22.0 Å². The van der Waals surface area contributed by atoms with Crippen molar-refractivity contribution in [2.45, 2.75) is 31.8 Å². The molecule has 0 spiro atoms. The van der Waals surface area contributed by atoms with Gasteiger partial charge >= 0.3 is 0 Å². The molecule has 0 fully saturated rings. The van der Waals surface area contributed by atoms with Crippen molar-refractivity contribution in [3.8, 4) is 11.3 Å². The van der Waals surface area contributed by atoms with E-state index in [1.165, 1.54) is 23.9 Å². The van der Waals surface area contributed by atoms with Crippen LogP contribution in [0.3, 0.4) is 0 Å². The SMILES string of the molecule is CC(C)[C@H](C)NC(=O)CSc1nnc(-c2ccc(F)cc2)c2ccccc12. The van der Waals surface area contributed by atoms with Gasteiger partial charge in [0.25, 0.3) is 0 Å². The second-order valence-corrected chi connectivity index (χ2v) is 7.76. The Labute approximate surface area is 162 Å². The maximum Gasteiger partial charge on any atom is 0.230 e. The molecule has 0 aliphatic heterocycles. The molecule has 3 aromatic rings. The van der Waals surface area contributed by atoms with E-state index in [4.69, 9.17) is 0 Å². The summed E-state index contributed by atoms with van der Waals surface area (Å²) in [4.78, 5) is 12.2. The van der Waals surface area contributed by atoms with Crippen LogP contribution in [-0.2, 0) is 4.79 Å². The monoisotopic (exact) mass is 383 g/mol. The molecule has 1 amide bonds. The molecule has 0 saturated heterocycles. The number of carbonyl (C=O) groups is 1. The first kappa shape index (κ1) is 19.3. The Morgan fingerprint density at radius 3 is 2.37 bits per heavy atom. The third-order valence-corrected chi connectivity index (χ3v) is 5.48. The van der Waals surface area contributed by atoms with Gasteiger partial charge in [0.05, 0.1) is 5.75 Å². The first-order valence-electron chi connectivity index (χ1n) is 8.89. The molecule has 1 atom stereocenters. The topological polar surface area (TPSA) is 54.9 Å². The quantitative estimate of drug-likeness (QED) is 0.628. The summed E-state index contributed by atoms with van der Waals surface area (Å²) in [5, 5.41) is 14.2. The van der Waals surface area contributed by atoms with Gasteiger partial charge in [0.15, 0.2) is 0 Å². The molecule has 3 rings (SSSR count). The van der Waals surface area contributed by atoms with E-state index in [2.05, 4.69) is 29.4 Å². The Kier molecular flexibility index (Phi) is 6.06. The van der Waals surface area contributed by atoms with Crippen molar-refractivity contribution < 1.29 is 9.18 Å². The van der Waals surface area contributed by atoms with Crippen LogP contribution in [0.4, 0.5) is 4.39 Å². The largest absolute Gasteiger partial charge is 0.353 e. The summed E-state index contributed by atoms with van der Waals surface area (Å²) in [5.41, 5.74) is 1.51. The van der Waals surface area contributed by atoms with Gasteiger partial charge in [-0.05, 0) is 37.1 Å². The molecule has 0 saturated carbocycles. The highest BCUT2D eigenvalue weighted by molar-refractivity contribution is 8.00. The number of nitrogens with zero attached hydrogens (tertiary/aromatic N) is 2. The zero-order valence-electron chi connectivity index (χ0n) is 15.6. The number of halogens is 1. The molecule has 0 radical (unpaired) electrons. The molecule has 0 aliphatic rings. The van der Waals surface area contributed by atoms with Gasteiger partial charge < -0.3 is 5.32 Å². The van der Waals surface area contributed by atoms with Crippen LogP contribution in [-0.4, -0.2) is 27.9 Å². The van der Waals surface area contributed by atoms with Gasteiger partial charge in [-0.25, -0.2) is 4.39 Å². The average molecular weight is 383 g/mol. The number of benzene rings is 2. The molecule has 140 valence electrons. The van der Waals surface area contributed by atoms with Gasteiger partial charge in [-0.1, -0.05) is 49.9 Å². The van der Waals surface area contributed by atoms with Crippen LogP contribution in [0.1, 0.15) is 20.8 Å². The first-order valence-corrected chi connectivity index (χ1v) is 9.88. The number of hydrogen-bond donors (Lipinski definition) is 1. The maximum absolute atomic E-state index is 13.2. The van der Waals surface area contributed by atoms with Crippen molar-refractivity contribution in [1.29, 1.82) is 0 Å². The summed E-state index contributed by atoms with van der Waals surface area (Å²) < 4.78 is 13.2. The van der Waals surface area contributed by atoms with Crippen molar-refractivity contribution in [1.82, 2.24) is 15.5 Å². The van der Waals surface area contributed by atoms with E-state index in [1.54, 1.807) is 12.1 Å². The number of carbonyl (C=O) groups excluding carboxylic acids is 1. The number of nitrogens with one attached hydrogen (secondary N) is 1. The van der Waals surface area contributed by atoms with Gasteiger partial charge in [-0.15, -0.1) is 10.2 Å². The summed E-state index contributed by atoms with van der Waals surface area (Å²) in [6, 6.07) is 14.1. The molecule has 1 aromatic heterocycles. The standard InChI is InChI=1S/C21H22FN3OS/c1-13(2)14(3)23-19(26)12-27-21-18-7-5-4-6-17(18)20(24-25-21)15-8-10-16(22)11-9-15/h4-11,13-14H,12H2,1-3H3,(H,23,26)/t14-/m0/s1. The van der Waals surface area contributed by atoms with Gasteiger partial charge in [-0.2, -0.15) is 0 Å². The van der Waals surface area contributed by atoms with E-state index in [0.717, 1.165) is 16.3 Å². The third-order valence-electron chi connectivity index (χ3n) is 4.50. The summed E-state index contributed by atoms with van der Waals surface area (Å²) in [6.45, 7) is 6.15. The smallest absolute Gasteiger partial charge is 0.230 e. The molecule has 0 unspecified atom stereocenters. The Hall–Kier alpha value is -2.47. The zero-order chi connectivity index (χ0) is 19.4. The summed E-state index contributed by atoms with van der Waals surface area (Å²) in [7, 11) is 0. The van der Waals surface area contributed by atoms with E-state index in [-0.39, 0.29) is 23.5 Å². The molecular formula is C21H22FN3OS. The maximum atomic E-state index is 13.2. The van der Waals surface area contributed by atoms with Crippen LogP contribution in [0.15, 0.2) is 53.6 Å². The third kappa shape index (κ3) is 4.63. The minimum atomic E-state index is -0.287. The molecule has 1 N–H and O–H groups in total. The lowest BCUT2D eigenvalue weighted by Gasteiger charge is -2.17. The van der Waals surface area contributed by atoms with E-state index in [9.17, 15) is 9.18 Å². The van der Waals surface area contributed by atoms with E-state index < -0.39 is 0 Å². The molecule has 27 heavy (non-hydrogen) atoms. The second-order valence-electron chi connectivity index (χ2n) is 6.80. The van der Waals surface area contributed by atoms with Crippen LogP contribution in [0.2, 0.25) is 0 Å². The Morgan fingerprint density at radius 2 is 1.70 bits per heavy atom. The highest BCUT2D eigenvalue weighted by Crippen LogP contribution is 2.31. The average Bonchev–Trinajstić information content (AvgIpc) is 2.66. The number of thioether (sulfide) groups is 1. The normalized spacial score (nSPS) is 12.3. The van der Waals surface area contributed by atoms with Crippen LogP contribution < -0.4 is 5.32 Å². The number of aromatic nitrogens is 2. The highest BCUT2D eigenvalue weighted by atomic mass is 32.2. The summed E-state index contributed by atoms with van der Waals surface area (Å²) in [5.74, 6) is 0.361. The minimum Gasteiger partial charge on any atom is -0.353 e. The zero-order valence-corrected chi connectivity index (χ0v) is 16.4. The molecule has 6 heteroatoms. The molecule has 0 aliphatic carbocycles. The van der Waals surface area contributed by atoms with Crippen LogP contribution in [0, 0.1) is 11.7 Å². The highest BCUT2D eigenvalue weighted by Gasteiger charge is 2.14. The first-order chi connectivity index (χ1) is 13.0. The molecule has 4 nitrogen and oxygen atoms in total. The Bertz CT molecular complexity index is 944. The van der Waals surface area contributed by atoms with Crippen molar-refractivity contribution >= 4 is 28.4 Å². The molecular weight excluding hydrogens is 361 g/mol. The predicted molar refractivity (Wildman–Crippen MR) is 108 cm³/mol. The van der Waals surface area contributed by atoms with E-state index in [0.29, 0.717) is 16.6 Å². The molecule has 1 heterocycles. The number of rotatable bonds is 6. The fourth-order valence-electron chi connectivity index (χ4n) is 2.60. The van der Waals surface area contributed by atoms with Crippen molar-refractivity contribution in [2.75, 3.05) is 5.75 Å². The molecule has 0 bridgehead atoms. The van der Waals surface area contributed by atoms with Crippen molar-refractivity contribution in [2.24, 2.45) is 5.92 Å². The minimum absolute atomic E-state index is 0.0188. The fraction of sp³-hybridized carbons (Fsp3) is 0.286. The number of amides is 1. The predicted octanol–water partition coefficient (Wildman–Crippen LogP) is 4.69. The van der Waals surface area contributed by atoms with Crippen LogP contribution in [0.5, 0.6) is 0 Å². The van der Waals surface area contributed by atoms with Crippen molar-refractivity contribution in [3.05, 3.63) is 54.3 Å². The fourth-order valence-corrected chi connectivity index (χ4v) is 3.39. The number of hydrogen-bond acceptors (Lipinski definition) is 4. The molecule has 2 aromatic carbocycles. The lowest BCUT2D eigenvalue weighted by molar-refractivity contribution is -0.119. The van der Waals surface area contributed by atoms with Gasteiger partial charge in [-0.3, -0.25) is 4.79 Å². The van der Waals surface area contributed by atoms with Gasteiger partial charge in [0.2, 0.25) is 5.91 Å². The Morgan fingerprint density at radius 1 is 1.04 bits per heavy atom. The number of fused-ring (bicyclic) bond motifs is 1. The lowest BCUT2D eigenvalue weighted by Crippen LogP contribution is -2.37. The Balaban J connectivity index is 1.85. The van der Waals surface area contributed by atoms with Crippen molar-refractivity contribution in [3.63, 3.8) is 0 Å². The summed E-state index contributed by atoms with van der Waals surface area (Å²) in [6.07, 6.45) is 0. The van der Waals surface area contributed by atoms with E-state index in [1.807, 2.05) is 31.2 Å². The van der Waals surface area contributed by atoms with Gasteiger partial charge in [0, 0.05) is 22.4 Å².